The summed E-state index contributed by atoms with van der Waals surface area (Å²) in [6, 6.07) is 6.04. The standard InChI is InChI=1S/C14H8F4N4/c15-12-5-8-11(6-19-12)20-7-21-13(8)22-10-4-2-1-3-9(10)14(16,17)18/h1-7H,(H,20,21,22). The Balaban J connectivity index is 2.10. The van der Waals surface area contributed by atoms with Gasteiger partial charge in [0.1, 0.15) is 12.1 Å². The van der Waals surface area contributed by atoms with Crippen LogP contribution in [0.4, 0.5) is 29.1 Å². The van der Waals surface area contributed by atoms with Crippen molar-refractivity contribution < 1.29 is 17.6 Å². The van der Waals surface area contributed by atoms with Gasteiger partial charge >= 0.3 is 6.18 Å². The molecular weight excluding hydrogens is 300 g/mol. The molecule has 0 saturated carbocycles. The van der Waals surface area contributed by atoms with Crippen molar-refractivity contribution in [2.75, 3.05) is 5.32 Å². The Hall–Kier alpha value is -2.77. The fourth-order valence-electron chi connectivity index (χ4n) is 2.00. The molecule has 112 valence electrons. The summed E-state index contributed by atoms with van der Waals surface area (Å²) in [6.45, 7) is 0. The van der Waals surface area contributed by atoms with E-state index in [4.69, 9.17) is 0 Å². The Labute approximate surface area is 121 Å². The number of rotatable bonds is 2. The zero-order valence-corrected chi connectivity index (χ0v) is 10.9. The summed E-state index contributed by atoms with van der Waals surface area (Å²) in [5.74, 6) is -0.697. The van der Waals surface area contributed by atoms with Crippen LogP contribution in [0.2, 0.25) is 0 Å². The van der Waals surface area contributed by atoms with E-state index in [1.165, 1.54) is 30.7 Å². The minimum absolute atomic E-state index is 0.0722. The minimum atomic E-state index is -4.51. The summed E-state index contributed by atoms with van der Waals surface area (Å²) in [5.41, 5.74) is -0.688. The highest BCUT2D eigenvalue weighted by Crippen LogP contribution is 2.36. The fourth-order valence-corrected chi connectivity index (χ4v) is 2.00. The second kappa shape index (κ2) is 5.21. The summed E-state index contributed by atoms with van der Waals surface area (Å²) in [7, 11) is 0. The largest absolute Gasteiger partial charge is 0.418 e. The minimum Gasteiger partial charge on any atom is -0.339 e. The van der Waals surface area contributed by atoms with E-state index in [1.807, 2.05) is 0 Å². The molecule has 0 radical (unpaired) electrons. The number of nitrogens with one attached hydrogen (secondary N) is 1. The van der Waals surface area contributed by atoms with Crippen LogP contribution >= 0.6 is 0 Å². The van der Waals surface area contributed by atoms with Crippen molar-refractivity contribution in [1.29, 1.82) is 0 Å². The average Bonchev–Trinajstić information content (AvgIpc) is 2.47. The van der Waals surface area contributed by atoms with Crippen molar-refractivity contribution in [2.24, 2.45) is 0 Å². The molecule has 8 heteroatoms. The zero-order chi connectivity index (χ0) is 15.7. The van der Waals surface area contributed by atoms with Gasteiger partial charge in [0, 0.05) is 11.5 Å². The molecule has 22 heavy (non-hydrogen) atoms. The summed E-state index contributed by atoms with van der Waals surface area (Å²) in [4.78, 5) is 11.2. The molecule has 1 N–H and O–H groups in total. The van der Waals surface area contributed by atoms with Gasteiger partial charge < -0.3 is 5.32 Å². The Kier molecular flexibility index (Phi) is 3.36. The van der Waals surface area contributed by atoms with E-state index >= 15 is 0 Å². The lowest BCUT2D eigenvalue weighted by Gasteiger charge is -2.14. The summed E-state index contributed by atoms with van der Waals surface area (Å²) >= 11 is 0. The average molecular weight is 308 g/mol. The number of hydrogen-bond donors (Lipinski definition) is 1. The lowest BCUT2D eigenvalue weighted by molar-refractivity contribution is -0.136. The smallest absolute Gasteiger partial charge is 0.339 e. The van der Waals surface area contributed by atoms with Gasteiger partial charge in [0.05, 0.1) is 23.0 Å². The number of fused-ring (bicyclic) bond motifs is 1. The molecule has 3 rings (SSSR count). The highest BCUT2D eigenvalue weighted by atomic mass is 19.4. The monoisotopic (exact) mass is 308 g/mol. The fraction of sp³-hybridized carbons (Fsp3) is 0.0714. The van der Waals surface area contributed by atoms with E-state index < -0.39 is 17.7 Å². The molecule has 4 nitrogen and oxygen atoms in total. The highest BCUT2D eigenvalue weighted by molar-refractivity contribution is 5.90. The van der Waals surface area contributed by atoms with Gasteiger partial charge in [-0.2, -0.15) is 17.6 Å². The molecule has 0 saturated heterocycles. The Morgan fingerprint density at radius 1 is 1.00 bits per heavy atom. The molecule has 2 heterocycles. The molecule has 0 spiro atoms. The summed E-state index contributed by atoms with van der Waals surface area (Å²) < 4.78 is 52.2. The molecule has 2 aromatic heterocycles. The molecule has 0 aliphatic rings. The highest BCUT2D eigenvalue weighted by Gasteiger charge is 2.33. The Morgan fingerprint density at radius 2 is 1.77 bits per heavy atom. The van der Waals surface area contributed by atoms with Crippen LogP contribution in [0.15, 0.2) is 42.9 Å². The third-order valence-corrected chi connectivity index (χ3v) is 2.97. The van der Waals surface area contributed by atoms with Gasteiger partial charge in [0.25, 0.3) is 0 Å². The SMILES string of the molecule is Fc1cc2c(Nc3ccccc3C(F)(F)F)ncnc2cn1. The van der Waals surface area contributed by atoms with Crippen molar-refractivity contribution >= 4 is 22.4 Å². The van der Waals surface area contributed by atoms with Gasteiger partial charge in [-0.3, -0.25) is 0 Å². The van der Waals surface area contributed by atoms with E-state index in [1.54, 1.807) is 0 Å². The molecule has 0 aliphatic carbocycles. The van der Waals surface area contributed by atoms with Crippen LogP contribution in [-0.4, -0.2) is 15.0 Å². The van der Waals surface area contributed by atoms with Crippen molar-refractivity contribution in [3.63, 3.8) is 0 Å². The van der Waals surface area contributed by atoms with Crippen molar-refractivity contribution in [3.8, 4) is 0 Å². The maximum absolute atomic E-state index is 13.2. The van der Waals surface area contributed by atoms with Gasteiger partial charge in [0.2, 0.25) is 5.95 Å². The lowest BCUT2D eigenvalue weighted by atomic mass is 10.1. The van der Waals surface area contributed by atoms with Crippen LogP contribution in [0.3, 0.4) is 0 Å². The van der Waals surface area contributed by atoms with Gasteiger partial charge in [0.15, 0.2) is 0 Å². The molecule has 1 aromatic carbocycles. The predicted molar refractivity (Wildman–Crippen MR) is 72.0 cm³/mol. The van der Waals surface area contributed by atoms with Crippen LogP contribution in [0.25, 0.3) is 10.9 Å². The Bertz CT molecular complexity index is 832. The number of hydrogen-bond acceptors (Lipinski definition) is 4. The van der Waals surface area contributed by atoms with E-state index in [9.17, 15) is 17.6 Å². The molecule has 0 atom stereocenters. The van der Waals surface area contributed by atoms with Crippen molar-refractivity contribution in [2.45, 2.75) is 6.18 Å². The molecule has 0 unspecified atom stereocenters. The summed E-state index contributed by atoms with van der Waals surface area (Å²) in [6.07, 6.45) is -2.16. The van der Waals surface area contributed by atoms with Crippen molar-refractivity contribution in [1.82, 2.24) is 15.0 Å². The van der Waals surface area contributed by atoms with Crippen LogP contribution in [0.5, 0.6) is 0 Å². The second-order valence-electron chi connectivity index (χ2n) is 4.41. The first-order valence-corrected chi connectivity index (χ1v) is 6.14. The van der Waals surface area contributed by atoms with Gasteiger partial charge in [-0.25, -0.2) is 15.0 Å². The van der Waals surface area contributed by atoms with Crippen LogP contribution in [0, 0.1) is 5.95 Å². The maximum atomic E-state index is 13.2. The van der Waals surface area contributed by atoms with E-state index in [0.717, 1.165) is 12.1 Å². The van der Waals surface area contributed by atoms with E-state index in [0.29, 0.717) is 5.52 Å². The number of halogens is 4. The normalized spacial score (nSPS) is 11.6. The lowest BCUT2D eigenvalue weighted by Crippen LogP contribution is -2.09. The number of benzene rings is 1. The third kappa shape index (κ3) is 2.67. The number of para-hydroxylation sites is 1. The molecule has 0 aliphatic heterocycles. The molecule has 0 amide bonds. The topological polar surface area (TPSA) is 50.7 Å². The van der Waals surface area contributed by atoms with E-state index in [2.05, 4.69) is 20.3 Å². The van der Waals surface area contributed by atoms with Gasteiger partial charge in [-0.05, 0) is 12.1 Å². The molecule has 0 bridgehead atoms. The molecule has 0 fully saturated rings. The first kappa shape index (κ1) is 14.2. The zero-order valence-electron chi connectivity index (χ0n) is 10.9. The second-order valence-corrected chi connectivity index (χ2v) is 4.41. The van der Waals surface area contributed by atoms with Gasteiger partial charge in [-0.15, -0.1) is 0 Å². The first-order valence-electron chi connectivity index (χ1n) is 6.14. The quantitative estimate of drug-likeness (QED) is 0.576. The Morgan fingerprint density at radius 3 is 2.55 bits per heavy atom. The van der Waals surface area contributed by atoms with Gasteiger partial charge in [-0.1, -0.05) is 12.1 Å². The number of anilines is 2. The summed E-state index contributed by atoms with van der Waals surface area (Å²) in [5, 5.41) is 2.83. The molecular formula is C14H8F4N4. The molecule has 3 aromatic rings. The van der Waals surface area contributed by atoms with Crippen molar-refractivity contribution in [3.05, 3.63) is 54.4 Å². The number of aromatic nitrogens is 3. The first-order chi connectivity index (χ1) is 10.4. The third-order valence-electron chi connectivity index (χ3n) is 2.97. The van der Waals surface area contributed by atoms with Crippen LogP contribution < -0.4 is 5.32 Å². The number of nitrogens with zero attached hydrogens (tertiary/aromatic N) is 3. The number of pyridine rings is 1. The van der Waals surface area contributed by atoms with E-state index in [-0.39, 0.29) is 16.9 Å². The maximum Gasteiger partial charge on any atom is 0.418 e. The van der Waals surface area contributed by atoms with Crippen LogP contribution in [0.1, 0.15) is 5.56 Å². The number of alkyl halides is 3. The predicted octanol–water partition coefficient (Wildman–Crippen LogP) is 3.93. The van der Waals surface area contributed by atoms with Crippen LogP contribution in [-0.2, 0) is 6.18 Å².